The number of nitrogens with one attached hydrogen (secondary N) is 1. The minimum atomic E-state index is -0.0406. The maximum atomic E-state index is 9.64. The lowest BCUT2D eigenvalue weighted by molar-refractivity contribution is 0.321. The second-order valence-corrected chi connectivity index (χ2v) is 3.34. The van der Waals surface area contributed by atoms with Gasteiger partial charge in [0.05, 0.1) is 12.6 Å². The standard InChI is InChI=1S/C11H13NO2/c13-7-8-5-6-12-11(8)9-3-1-2-4-10(9)14/h1-5,11-14H,6-7H2. The molecule has 0 radical (unpaired) electrons. The fourth-order valence-electron chi connectivity index (χ4n) is 1.75. The number of phenolic OH excluding ortho intramolecular Hbond substituents is 1. The van der Waals surface area contributed by atoms with Gasteiger partial charge in [0.1, 0.15) is 5.75 Å². The minimum absolute atomic E-state index is 0.0337. The van der Waals surface area contributed by atoms with Crippen molar-refractivity contribution < 1.29 is 10.2 Å². The molecule has 0 bridgehead atoms. The Kier molecular flexibility index (Phi) is 2.52. The molecular weight excluding hydrogens is 178 g/mol. The van der Waals surface area contributed by atoms with E-state index in [4.69, 9.17) is 5.11 Å². The smallest absolute Gasteiger partial charge is 0.120 e. The first-order valence-corrected chi connectivity index (χ1v) is 4.64. The van der Waals surface area contributed by atoms with Crippen LogP contribution in [0.25, 0.3) is 0 Å². The Balaban J connectivity index is 2.32. The van der Waals surface area contributed by atoms with Crippen LogP contribution in [-0.2, 0) is 0 Å². The lowest BCUT2D eigenvalue weighted by atomic mass is 10.0. The molecule has 3 heteroatoms. The number of hydrogen-bond acceptors (Lipinski definition) is 3. The second kappa shape index (κ2) is 3.82. The van der Waals surface area contributed by atoms with Crippen molar-refractivity contribution in [3.63, 3.8) is 0 Å². The van der Waals surface area contributed by atoms with Crippen molar-refractivity contribution in [1.29, 1.82) is 0 Å². The molecule has 0 aliphatic carbocycles. The van der Waals surface area contributed by atoms with Crippen LogP contribution in [-0.4, -0.2) is 23.4 Å². The molecule has 3 N–H and O–H groups in total. The van der Waals surface area contributed by atoms with Crippen molar-refractivity contribution in [3.8, 4) is 5.75 Å². The number of aliphatic hydroxyl groups excluding tert-OH is 1. The van der Waals surface area contributed by atoms with E-state index < -0.39 is 0 Å². The lowest BCUT2D eigenvalue weighted by Gasteiger charge is -2.15. The first-order valence-electron chi connectivity index (χ1n) is 4.64. The first kappa shape index (κ1) is 9.24. The van der Waals surface area contributed by atoms with Crippen molar-refractivity contribution >= 4 is 0 Å². The summed E-state index contributed by atoms with van der Waals surface area (Å²) in [4.78, 5) is 0. The highest BCUT2D eigenvalue weighted by atomic mass is 16.3. The Morgan fingerprint density at radius 3 is 2.86 bits per heavy atom. The van der Waals surface area contributed by atoms with Crippen LogP contribution in [0.2, 0.25) is 0 Å². The second-order valence-electron chi connectivity index (χ2n) is 3.34. The number of benzene rings is 1. The van der Waals surface area contributed by atoms with Crippen LogP contribution < -0.4 is 5.32 Å². The molecule has 0 amide bonds. The third-order valence-electron chi connectivity index (χ3n) is 2.49. The van der Waals surface area contributed by atoms with E-state index in [-0.39, 0.29) is 18.4 Å². The van der Waals surface area contributed by atoms with Gasteiger partial charge in [-0.25, -0.2) is 0 Å². The van der Waals surface area contributed by atoms with Gasteiger partial charge in [-0.05, 0) is 11.6 Å². The van der Waals surface area contributed by atoms with Crippen LogP contribution in [0.5, 0.6) is 5.75 Å². The Morgan fingerprint density at radius 1 is 1.36 bits per heavy atom. The zero-order valence-electron chi connectivity index (χ0n) is 7.77. The summed E-state index contributed by atoms with van der Waals surface area (Å²) in [7, 11) is 0. The molecule has 74 valence electrons. The predicted molar refractivity (Wildman–Crippen MR) is 54.0 cm³/mol. The van der Waals surface area contributed by atoms with Gasteiger partial charge < -0.3 is 15.5 Å². The maximum Gasteiger partial charge on any atom is 0.120 e. The Labute approximate surface area is 82.7 Å². The summed E-state index contributed by atoms with van der Waals surface area (Å²) in [6.07, 6.45) is 1.96. The third kappa shape index (κ3) is 1.52. The summed E-state index contributed by atoms with van der Waals surface area (Å²) in [5.74, 6) is 0.270. The van der Waals surface area contributed by atoms with Crippen LogP contribution in [0.15, 0.2) is 35.9 Å². The number of phenols is 1. The normalized spacial score (nSPS) is 20.9. The molecule has 1 aromatic rings. The van der Waals surface area contributed by atoms with Gasteiger partial charge >= 0.3 is 0 Å². The minimum Gasteiger partial charge on any atom is -0.508 e. The maximum absolute atomic E-state index is 9.64. The summed E-state index contributed by atoms with van der Waals surface area (Å²) in [5.41, 5.74) is 1.75. The summed E-state index contributed by atoms with van der Waals surface area (Å²) in [5, 5.41) is 21.9. The summed E-state index contributed by atoms with van der Waals surface area (Å²) in [6, 6.07) is 7.15. The molecule has 1 heterocycles. The first-order chi connectivity index (χ1) is 6.83. The van der Waals surface area contributed by atoms with E-state index in [1.165, 1.54) is 0 Å². The highest BCUT2D eigenvalue weighted by Crippen LogP contribution is 2.30. The summed E-state index contributed by atoms with van der Waals surface area (Å²) < 4.78 is 0. The Bertz CT molecular complexity index is 360. The molecule has 0 saturated carbocycles. The van der Waals surface area contributed by atoms with Gasteiger partial charge in [0, 0.05) is 12.1 Å². The van der Waals surface area contributed by atoms with Gasteiger partial charge in [0.2, 0.25) is 0 Å². The van der Waals surface area contributed by atoms with Crippen molar-refractivity contribution in [1.82, 2.24) is 5.32 Å². The van der Waals surface area contributed by atoms with Gasteiger partial charge in [-0.2, -0.15) is 0 Å². The van der Waals surface area contributed by atoms with E-state index >= 15 is 0 Å². The van der Waals surface area contributed by atoms with E-state index in [0.29, 0.717) is 0 Å². The monoisotopic (exact) mass is 191 g/mol. The van der Waals surface area contributed by atoms with Crippen molar-refractivity contribution in [2.75, 3.05) is 13.2 Å². The molecule has 3 nitrogen and oxygen atoms in total. The zero-order chi connectivity index (χ0) is 9.97. The molecule has 1 aromatic carbocycles. The number of aromatic hydroxyl groups is 1. The molecule has 1 aliphatic rings. The summed E-state index contributed by atoms with van der Waals surface area (Å²) in [6.45, 7) is 0.779. The van der Waals surface area contributed by atoms with Crippen LogP contribution in [0.4, 0.5) is 0 Å². The van der Waals surface area contributed by atoms with Crippen molar-refractivity contribution in [2.24, 2.45) is 0 Å². The van der Waals surface area contributed by atoms with Gasteiger partial charge in [-0.3, -0.25) is 0 Å². The SMILES string of the molecule is OCC1=CCNC1c1ccccc1O. The number of aliphatic hydroxyl groups is 1. The largest absolute Gasteiger partial charge is 0.508 e. The zero-order valence-corrected chi connectivity index (χ0v) is 7.77. The van der Waals surface area contributed by atoms with Gasteiger partial charge in [0.15, 0.2) is 0 Å². The number of rotatable bonds is 2. The highest BCUT2D eigenvalue weighted by molar-refractivity contribution is 5.40. The lowest BCUT2D eigenvalue weighted by Crippen LogP contribution is -2.17. The summed E-state index contributed by atoms with van der Waals surface area (Å²) >= 11 is 0. The molecule has 1 unspecified atom stereocenters. The average molecular weight is 191 g/mol. The van der Waals surface area contributed by atoms with E-state index in [9.17, 15) is 5.11 Å². The van der Waals surface area contributed by atoms with Crippen LogP contribution >= 0.6 is 0 Å². The van der Waals surface area contributed by atoms with E-state index in [0.717, 1.165) is 17.7 Å². The molecule has 0 aromatic heterocycles. The molecule has 0 fully saturated rings. The highest BCUT2D eigenvalue weighted by Gasteiger charge is 2.21. The van der Waals surface area contributed by atoms with Crippen LogP contribution in [0.1, 0.15) is 11.6 Å². The molecule has 14 heavy (non-hydrogen) atoms. The molecular formula is C11H13NO2. The molecule has 0 saturated heterocycles. The van der Waals surface area contributed by atoms with Crippen molar-refractivity contribution in [3.05, 3.63) is 41.5 Å². The van der Waals surface area contributed by atoms with E-state index in [1.54, 1.807) is 12.1 Å². The van der Waals surface area contributed by atoms with Crippen LogP contribution in [0, 0.1) is 0 Å². The van der Waals surface area contributed by atoms with Gasteiger partial charge in [0.25, 0.3) is 0 Å². The fourth-order valence-corrected chi connectivity index (χ4v) is 1.75. The molecule has 2 rings (SSSR count). The van der Waals surface area contributed by atoms with Crippen molar-refractivity contribution in [2.45, 2.75) is 6.04 Å². The molecule has 0 spiro atoms. The Morgan fingerprint density at radius 2 is 2.14 bits per heavy atom. The van der Waals surface area contributed by atoms with Gasteiger partial charge in [-0.1, -0.05) is 24.3 Å². The topological polar surface area (TPSA) is 52.5 Å². The molecule has 1 aliphatic heterocycles. The number of para-hydroxylation sites is 1. The average Bonchev–Trinajstić information content (AvgIpc) is 2.66. The predicted octanol–water partition coefficient (Wildman–Crippen LogP) is 0.955. The van der Waals surface area contributed by atoms with E-state index in [1.807, 2.05) is 18.2 Å². The quantitative estimate of drug-likeness (QED) is 0.610. The number of hydrogen-bond donors (Lipinski definition) is 3. The van der Waals surface area contributed by atoms with Crippen LogP contribution in [0.3, 0.4) is 0 Å². The Hall–Kier alpha value is -1.32. The molecule has 1 atom stereocenters. The van der Waals surface area contributed by atoms with E-state index in [2.05, 4.69) is 5.32 Å². The van der Waals surface area contributed by atoms with Gasteiger partial charge in [-0.15, -0.1) is 0 Å². The third-order valence-corrected chi connectivity index (χ3v) is 2.49. The fraction of sp³-hybridized carbons (Fsp3) is 0.273.